The smallest absolute Gasteiger partial charge is 0.305 e. The summed E-state index contributed by atoms with van der Waals surface area (Å²) in [4.78, 5) is 12.0. The van der Waals surface area contributed by atoms with Gasteiger partial charge < -0.3 is 24.6 Å². The molecule has 0 aromatic rings. The lowest BCUT2D eigenvalue weighted by Crippen LogP contribution is -2.22. The molecule has 0 radical (unpaired) electrons. The fourth-order valence-electron chi connectivity index (χ4n) is 3.48. The Morgan fingerprint density at radius 3 is 1.82 bits per heavy atom. The third-order valence-corrected chi connectivity index (χ3v) is 5.57. The van der Waals surface area contributed by atoms with Crippen molar-refractivity contribution in [1.29, 1.82) is 0 Å². The molecule has 33 heavy (non-hydrogen) atoms. The summed E-state index contributed by atoms with van der Waals surface area (Å²) in [5.41, 5.74) is 0. The second-order valence-electron chi connectivity index (χ2n) is 9.95. The standard InChI is InChI=1S/C27H55NO5/c1-24(2)14-7-12-21-32-27(33-22-13-8-15-25(3)4)17-23-31-26(30)16-6-5-9-18-28-19-10-11-20-29/h24-25,27-29H,5-23H2,1-4H3. The highest BCUT2D eigenvalue weighted by atomic mass is 16.7. The van der Waals surface area contributed by atoms with Crippen molar-refractivity contribution >= 4 is 5.97 Å². The minimum atomic E-state index is -0.284. The quantitative estimate of drug-likeness (QED) is 0.0983. The number of unbranched alkanes of at least 4 members (excludes halogenated alkanes) is 5. The zero-order valence-electron chi connectivity index (χ0n) is 22.2. The van der Waals surface area contributed by atoms with Crippen LogP contribution in [-0.2, 0) is 19.0 Å². The molecular formula is C27H55NO5. The van der Waals surface area contributed by atoms with Gasteiger partial charge in [-0.25, -0.2) is 0 Å². The van der Waals surface area contributed by atoms with Gasteiger partial charge in [0, 0.05) is 32.7 Å². The van der Waals surface area contributed by atoms with Gasteiger partial charge in [0.2, 0.25) is 0 Å². The second-order valence-corrected chi connectivity index (χ2v) is 9.95. The van der Waals surface area contributed by atoms with Crippen LogP contribution >= 0.6 is 0 Å². The van der Waals surface area contributed by atoms with Crippen LogP contribution in [0.25, 0.3) is 0 Å². The lowest BCUT2D eigenvalue weighted by atomic mass is 10.1. The summed E-state index contributed by atoms with van der Waals surface area (Å²) in [5.74, 6) is 1.33. The lowest BCUT2D eigenvalue weighted by Gasteiger charge is -2.19. The topological polar surface area (TPSA) is 77.0 Å². The third-order valence-electron chi connectivity index (χ3n) is 5.57. The minimum absolute atomic E-state index is 0.126. The normalized spacial score (nSPS) is 11.8. The zero-order valence-corrected chi connectivity index (χ0v) is 22.2. The van der Waals surface area contributed by atoms with E-state index in [0.29, 0.717) is 32.7 Å². The molecule has 6 nitrogen and oxygen atoms in total. The average molecular weight is 474 g/mol. The monoisotopic (exact) mass is 473 g/mol. The highest BCUT2D eigenvalue weighted by molar-refractivity contribution is 5.69. The first kappa shape index (κ1) is 32.3. The van der Waals surface area contributed by atoms with Gasteiger partial charge in [-0.3, -0.25) is 4.79 Å². The summed E-state index contributed by atoms with van der Waals surface area (Å²) in [6, 6.07) is 0. The number of carbonyl (C=O) groups is 1. The summed E-state index contributed by atoms with van der Waals surface area (Å²) in [7, 11) is 0. The lowest BCUT2D eigenvalue weighted by molar-refractivity contribution is -0.161. The predicted molar refractivity (Wildman–Crippen MR) is 136 cm³/mol. The number of nitrogens with one attached hydrogen (secondary N) is 1. The van der Waals surface area contributed by atoms with Crippen LogP contribution in [0.4, 0.5) is 0 Å². The summed E-state index contributed by atoms with van der Waals surface area (Å²) in [6.07, 6.45) is 12.5. The molecule has 0 aliphatic carbocycles. The van der Waals surface area contributed by atoms with Gasteiger partial charge >= 0.3 is 5.97 Å². The Labute approximate surface area is 204 Å². The van der Waals surface area contributed by atoms with Crippen molar-refractivity contribution in [3.63, 3.8) is 0 Å². The number of hydrogen-bond donors (Lipinski definition) is 2. The number of carbonyl (C=O) groups excluding carboxylic acids is 1. The fraction of sp³-hybridized carbons (Fsp3) is 0.963. The molecule has 0 atom stereocenters. The molecule has 0 bridgehead atoms. The molecule has 0 heterocycles. The molecule has 0 rings (SSSR count). The maximum absolute atomic E-state index is 12.0. The summed E-state index contributed by atoms with van der Waals surface area (Å²) >= 11 is 0. The SMILES string of the molecule is CC(C)CCCCOC(CCOC(=O)CCCCCNCCCCO)OCCCCC(C)C. The highest BCUT2D eigenvalue weighted by Crippen LogP contribution is 2.11. The van der Waals surface area contributed by atoms with Gasteiger partial charge in [0.1, 0.15) is 0 Å². The van der Waals surface area contributed by atoms with E-state index in [1.54, 1.807) is 0 Å². The van der Waals surface area contributed by atoms with Gasteiger partial charge in [-0.1, -0.05) is 59.8 Å². The first-order valence-corrected chi connectivity index (χ1v) is 13.7. The summed E-state index contributed by atoms with van der Waals surface area (Å²) in [6.45, 7) is 12.9. The van der Waals surface area contributed by atoms with Crippen molar-refractivity contribution in [1.82, 2.24) is 5.32 Å². The molecule has 0 saturated carbocycles. The van der Waals surface area contributed by atoms with Crippen LogP contribution in [0.15, 0.2) is 0 Å². The Hall–Kier alpha value is -0.690. The van der Waals surface area contributed by atoms with Crippen LogP contribution in [0.5, 0.6) is 0 Å². The van der Waals surface area contributed by atoms with Gasteiger partial charge in [0.25, 0.3) is 0 Å². The largest absolute Gasteiger partial charge is 0.465 e. The third kappa shape index (κ3) is 25.8. The van der Waals surface area contributed by atoms with Crippen LogP contribution in [-0.4, -0.2) is 56.9 Å². The van der Waals surface area contributed by atoms with E-state index in [4.69, 9.17) is 19.3 Å². The number of esters is 1. The molecule has 6 heteroatoms. The molecule has 0 aromatic heterocycles. The Morgan fingerprint density at radius 2 is 1.27 bits per heavy atom. The van der Waals surface area contributed by atoms with Crippen LogP contribution in [0.2, 0.25) is 0 Å². The van der Waals surface area contributed by atoms with Crippen molar-refractivity contribution in [3.05, 3.63) is 0 Å². The molecule has 0 spiro atoms. The summed E-state index contributed by atoms with van der Waals surface area (Å²) in [5, 5.41) is 12.1. The second kappa shape index (κ2) is 24.4. The van der Waals surface area contributed by atoms with E-state index in [1.807, 2.05) is 0 Å². The van der Waals surface area contributed by atoms with E-state index in [2.05, 4.69) is 33.0 Å². The Kier molecular flexibility index (Phi) is 23.9. The van der Waals surface area contributed by atoms with Crippen molar-refractivity contribution in [2.75, 3.05) is 39.5 Å². The number of ether oxygens (including phenoxy) is 3. The van der Waals surface area contributed by atoms with Gasteiger partial charge in [-0.2, -0.15) is 0 Å². The van der Waals surface area contributed by atoms with Crippen molar-refractivity contribution in [3.8, 4) is 0 Å². The Bertz CT molecular complexity index is 399. The summed E-state index contributed by atoms with van der Waals surface area (Å²) < 4.78 is 17.3. The van der Waals surface area contributed by atoms with E-state index in [-0.39, 0.29) is 18.9 Å². The van der Waals surface area contributed by atoms with Crippen LogP contribution in [0.1, 0.15) is 111 Å². The first-order valence-electron chi connectivity index (χ1n) is 13.7. The van der Waals surface area contributed by atoms with Gasteiger partial charge in [-0.15, -0.1) is 0 Å². The maximum atomic E-state index is 12.0. The molecular weight excluding hydrogens is 418 g/mol. The van der Waals surface area contributed by atoms with Crippen LogP contribution in [0.3, 0.4) is 0 Å². The van der Waals surface area contributed by atoms with Crippen LogP contribution < -0.4 is 5.32 Å². The predicted octanol–water partition coefficient (Wildman–Crippen LogP) is 5.85. The molecule has 0 saturated heterocycles. The molecule has 198 valence electrons. The Balaban J connectivity index is 3.91. The number of aliphatic hydroxyl groups excluding tert-OH is 1. The van der Waals surface area contributed by atoms with Crippen LogP contribution in [0, 0.1) is 11.8 Å². The molecule has 2 N–H and O–H groups in total. The fourth-order valence-corrected chi connectivity index (χ4v) is 3.48. The van der Waals surface area contributed by atoms with Gasteiger partial charge in [0.15, 0.2) is 6.29 Å². The minimum Gasteiger partial charge on any atom is -0.465 e. The maximum Gasteiger partial charge on any atom is 0.305 e. The molecule has 0 aliphatic rings. The zero-order chi connectivity index (χ0) is 24.6. The highest BCUT2D eigenvalue weighted by Gasteiger charge is 2.12. The number of hydrogen-bond acceptors (Lipinski definition) is 6. The van der Waals surface area contributed by atoms with E-state index >= 15 is 0 Å². The van der Waals surface area contributed by atoms with E-state index in [9.17, 15) is 4.79 Å². The molecule has 0 aliphatic heterocycles. The average Bonchev–Trinajstić information content (AvgIpc) is 2.76. The van der Waals surface area contributed by atoms with E-state index in [0.717, 1.165) is 69.9 Å². The number of rotatable bonds is 25. The molecule has 0 aromatic carbocycles. The number of aliphatic hydroxyl groups is 1. The van der Waals surface area contributed by atoms with E-state index in [1.165, 1.54) is 25.7 Å². The molecule has 0 fully saturated rings. The van der Waals surface area contributed by atoms with Gasteiger partial charge in [0.05, 0.1) is 6.61 Å². The van der Waals surface area contributed by atoms with Gasteiger partial charge in [-0.05, 0) is 63.5 Å². The molecule has 0 amide bonds. The molecule has 0 unspecified atom stereocenters. The Morgan fingerprint density at radius 1 is 0.697 bits per heavy atom. The van der Waals surface area contributed by atoms with Crippen molar-refractivity contribution < 1.29 is 24.1 Å². The van der Waals surface area contributed by atoms with Crippen molar-refractivity contribution in [2.24, 2.45) is 11.8 Å². The first-order chi connectivity index (χ1) is 16.0. The van der Waals surface area contributed by atoms with E-state index < -0.39 is 0 Å². The van der Waals surface area contributed by atoms with Crippen molar-refractivity contribution in [2.45, 2.75) is 117 Å².